The van der Waals surface area contributed by atoms with E-state index >= 15 is 0 Å². The highest BCUT2D eigenvalue weighted by Crippen LogP contribution is 2.37. The standard InChI is InChI=1S/C15H21N.C2H6/c1-11(2)13(4)16-10-6-9-14-8-5-7-12(3)15(14)16;1-2/h6,9-11H,4-5,7-8H2,1-3H3;1-2H3. The van der Waals surface area contributed by atoms with Crippen molar-refractivity contribution in [2.24, 2.45) is 5.92 Å². The molecule has 0 aromatic carbocycles. The lowest BCUT2D eigenvalue weighted by Crippen LogP contribution is -2.24. The van der Waals surface area contributed by atoms with E-state index in [1.165, 1.54) is 41.8 Å². The molecule has 0 N–H and O–H groups in total. The summed E-state index contributed by atoms with van der Waals surface area (Å²) >= 11 is 0. The summed E-state index contributed by atoms with van der Waals surface area (Å²) in [5.41, 5.74) is 5.59. The van der Waals surface area contributed by atoms with Gasteiger partial charge >= 0.3 is 0 Å². The van der Waals surface area contributed by atoms with E-state index in [4.69, 9.17) is 0 Å². The Labute approximate surface area is 113 Å². The van der Waals surface area contributed by atoms with E-state index in [9.17, 15) is 0 Å². The molecule has 0 bridgehead atoms. The molecule has 0 atom stereocenters. The summed E-state index contributed by atoms with van der Waals surface area (Å²) in [7, 11) is 0. The van der Waals surface area contributed by atoms with Crippen LogP contribution in [0.4, 0.5) is 0 Å². The highest BCUT2D eigenvalue weighted by atomic mass is 15.1. The van der Waals surface area contributed by atoms with Gasteiger partial charge in [-0.25, -0.2) is 0 Å². The molecular weight excluding hydrogens is 218 g/mol. The van der Waals surface area contributed by atoms with E-state index in [-0.39, 0.29) is 0 Å². The molecular formula is C17H27N. The summed E-state index contributed by atoms with van der Waals surface area (Å²) < 4.78 is 0. The zero-order valence-electron chi connectivity index (χ0n) is 12.6. The van der Waals surface area contributed by atoms with Gasteiger partial charge in [-0.15, -0.1) is 0 Å². The van der Waals surface area contributed by atoms with Crippen molar-refractivity contribution in [1.82, 2.24) is 4.90 Å². The van der Waals surface area contributed by atoms with E-state index < -0.39 is 0 Å². The third kappa shape index (κ3) is 2.95. The lowest BCUT2D eigenvalue weighted by atomic mass is 9.89. The molecule has 0 amide bonds. The minimum atomic E-state index is 0.492. The normalized spacial score (nSPS) is 18.1. The monoisotopic (exact) mass is 245 g/mol. The summed E-state index contributed by atoms with van der Waals surface area (Å²) in [4.78, 5) is 2.29. The number of hydrogen-bond acceptors (Lipinski definition) is 1. The Morgan fingerprint density at radius 1 is 1.28 bits per heavy atom. The zero-order chi connectivity index (χ0) is 13.7. The molecule has 18 heavy (non-hydrogen) atoms. The Bertz CT molecular complexity index is 394. The van der Waals surface area contributed by atoms with Crippen LogP contribution in [-0.2, 0) is 0 Å². The van der Waals surface area contributed by atoms with Crippen LogP contribution in [0.15, 0.2) is 47.5 Å². The summed E-state index contributed by atoms with van der Waals surface area (Å²) in [6.07, 6.45) is 10.3. The molecule has 100 valence electrons. The molecule has 0 radical (unpaired) electrons. The lowest BCUT2D eigenvalue weighted by Gasteiger charge is -2.35. The van der Waals surface area contributed by atoms with Gasteiger partial charge in [-0.1, -0.05) is 40.3 Å². The number of allylic oxidation sites excluding steroid dienone is 5. The maximum absolute atomic E-state index is 4.22. The van der Waals surface area contributed by atoms with Gasteiger partial charge < -0.3 is 4.90 Å². The van der Waals surface area contributed by atoms with Crippen molar-refractivity contribution in [2.75, 3.05) is 0 Å². The molecule has 0 saturated carbocycles. The van der Waals surface area contributed by atoms with E-state index in [0.717, 1.165) is 0 Å². The van der Waals surface area contributed by atoms with Crippen LogP contribution >= 0.6 is 0 Å². The predicted octanol–water partition coefficient (Wildman–Crippen LogP) is 5.40. The fourth-order valence-corrected chi connectivity index (χ4v) is 2.41. The zero-order valence-corrected chi connectivity index (χ0v) is 12.6. The van der Waals surface area contributed by atoms with Gasteiger partial charge in [0, 0.05) is 17.6 Å². The van der Waals surface area contributed by atoms with E-state index in [1.807, 2.05) is 13.8 Å². The summed E-state index contributed by atoms with van der Waals surface area (Å²) in [6.45, 7) is 14.9. The summed E-state index contributed by atoms with van der Waals surface area (Å²) in [5, 5.41) is 0. The van der Waals surface area contributed by atoms with Crippen LogP contribution in [0.5, 0.6) is 0 Å². The van der Waals surface area contributed by atoms with Crippen molar-refractivity contribution in [2.45, 2.75) is 53.9 Å². The second kappa shape index (κ2) is 6.63. The fourth-order valence-electron chi connectivity index (χ4n) is 2.41. The number of rotatable bonds is 2. The minimum absolute atomic E-state index is 0.492. The molecule has 2 aliphatic rings. The van der Waals surface area contributed by atoms with Gasteiger partial charge in [0.25, 0.3) is 0 Å². The smallest absolute Gasteiger partial charge is 0.0473 e. The van der Waals surface area contributed by atoms with Crippen LogP contribution in [0.3, 0.4) is 0 Å². The van der Waals surface area contributed by atoms with Crippen molar-refractivity contribution in [1.29, 1.82) is 0 Å². The Morgan fingerprint density at radius 2 is 1.94 bits per heavy atom. The average Bonchev–Trinajstić information content (AvgIpc) is 2.40. The Hall–Kier alpha value is -1.24. The molecule has 0 spiro atoms. The molecule has 1 aliphatic heterocycles. The highest BCUT2D eigenvalue weighted by molar-refractivity contribution is 5.44. The minimum Gasteiger partial charge on any atom is -0.321 e. The van der Waals surface area contributed by atoms with Gasteiger partial charge in [-0.2, -0.15) is 0 Å². The topological polar surface area (TPSA) is 3.24 Å². The van der Waals surface area contributed by atoms with Gasteiger partial charge in [0.2, 0.25) is 0 Å². The first kappa shape index (κ1) is 14.8. The van der Waals surface area contributed by atoms with Crippen LogP contribution in [0.2, 0.25) is 0 Å². The van der Waals surface area contributed by atoms with Gasteiger partial charge in [-0.05, 0) is 49.3 Å². The molecule has 1 heterocycles. The van der Waals surface area contributed by atoms with Crippen LogP contribution in [0.25, 0.3) is 0 Å². The van der Waals surface area contributed by atoms with E-state index in [2.05, 4.69) is 50.6 Å². The second-order valence-electron chi connectivity index (χ2n) is 5.03. The molecule has 2 rings (SSSR count). The first-order valence-electron chi connectivity index (χ1n) is 7.16. The molecule has 0 saturated heterocycles. The third-order valence-corrected chi connectivity index (χ3v) is 3.46. The molecule has 1 nitrogen and oxygen atoms in total. The molecule has 1 aliphatic carbocycles. The molecule has 0 unspecified atom stereocenters. The van der Waals surface area contributed by atoms with Gasteiger partial charge in [-0.3, -0.25) is 0 Å². The van der Waals surface area contributed by atoms with Gasteiger partial charge in [0.1, 0.15) is 0 Å². The Balaban J connectivity index is 0.000000771. The van der Waals surface area contributed by atoms with Crippen LogP contribution < -0.4 is 0 Å². The van der Waals surface area contributed by atoms with Crippen LogP contribution in [-0.4, -0.2) is 4.90 Å². The van der Waals surface area contributed by atoms with E-state index in [0.29, 0.717) is 5.92 Å². The van der Waals surface area contributed by atoms with Crippen molar-refractivity contribution >= 4 is 0 Å². The number of fused-ring (bicyclic) bond motifs is 1. The first-order chi connectivity index (χ1) is 8.61. The first-order valence-corrected chi connectivity index (χ1v) is 7.16. The summed E-state index contributed by atoms with van der Waals surface area (Å²) in [6, 6.07) is 0. The predicted molar refractivity (Wildman–Crippen MR) is 80.9 cm³/mol. The Morgan fingerprint density at radius 3 is 2.56 bits per heavy atom. The van der Waals surface area contributed by atoms with Gasteiger partial charge in [0.05, 0.1) is 0 Å². The summed E-state index contributed by atoms with van der Waals surface area (Å²) in [5.74, 6) is 0.492. The van der Waals surface area contributed by atoms with Crippen molar-refractivity contribution in [3.8, 4) is 0 Å². The maximum atomic E-state index is 4.22. The quantitative estimate of drug-likeness (QED) is 0.630. The fraction of sp³-hybridized carbons (Fsp3) is 0.529. The maximum Gasteiger partial charge on any atom is 0.0473 e. The van der Waals surface area contributed by atoms with E-state index in [1.54, 1.807) is 0 Å². The highest BCUT2D eigenvalue weighted by Gasteiger charge is 2.23. The van der Waals surface area contributed by atoms with Crippen molar-refractivity contribution in [3.63, 3.8) is 0 Å². The molecule has 0 fully saturated rings. The largest absolute Gasteiger partial charge is 0.321 e. The molecule has 0 aromatic heterocycles. The number of nitrogens with zero attached hydrogens (tertiary/aromatic N) is 1. The molecule has 1 heteroatoms. The SMILES string of the molecule is C=C(C(C)C)N1C=CC=C2CCCC(C)=C21.CC. The molecule has 0 aromatic rings. The average molecular weight is 245 g/mol. The van der Waals surface area contributed by atoms with Crippen LogP contribution in [0.1, 0.15) is 53.9 Å². The van der Waals surface area contributed by atoms with Crippen LogP contribution in [0, 0.1) is 5.92 Å². The van der Waals surface area contributed by atoms with Crippen molar-refractivity contribution in [3.05, 3.63) is 47.5 Å². The lowest BCUT2D eigenvalue weighted by molar-refractivity contribution is 0.478. The number of hydrogen-bond donors (Lipinski definition) is 0. The van der Waals surface area contributed by atoms with Crippen molar-refractivity contribution < 1.29 is 0 Å². The van der Waals surface area contributed by atoms with Gasteiger partial charge in [0.15, 0.2) is 0 Å². The third-order valence-electron chi connectivity index (χ3n) is 3.46. The second-order valence-corrected chi connectivity index (χ2v) is 5.03. The Kier molecular flexibility index (Phi) is 5.46.